The fourth-order valence-electron chi connectivity index (χ4n) is 1.80. The highest BCUT2D eigenvalue weighted by molar-refractivity contribution is 7.17. The Balaban J connectivity index is 1.71. The van der Waals surface area contributed by atoms with E-state index in [4.69, 9.17) is 11.6 Å². The maximum Gasteiger partial charge on any atom is 0.204 e. The lowest BCUT2D eigenvalue weighted by Crippen LogP contribution is -1.89. The molecule has 0 saturated carbocycles. The number of hydrogen-bond donors (Lipinski definition) is 1. The molecule has 0 aliphatic heterocycles. The molecule has 0 saturated heterocycles. The fourth-order valence-corrected chi connectivity index (χ4v) is 3.54. The lowest BCUT2D eigenvalue weighted by atomic mass is 10.2. The third-order valence-corrected chi connectivity index (χ3v) is 4.80. The molecular formula is C15H12ClN3S2. The summed E-state index contributed by atoms with van der Waals surface area (Å²) in [5, 5.41) is 7.78. The van der Waals surface area contributed by atoms with E-state index in [1.165, 1.54) is 9.75 Å². The van der Waals surface area contributed by atoms with Crippen molar-refractivity contribution in [3.8, 4) is 10.6 Å². The van der Waals surface area contributed by atoms with Crippen LogP contribution in [-0.2, 0) is 0 Å². The predicted octanol–water partition coefficient (Wildman–Crippen LogP) is 5.28. The number of thiophene rings is 1. The van der Waals surface area contributed by atoms with Gasteiger partial charge in [0.25, 0.3) is 0 Å². The van der Waals surface area contributed by atoms with Crippen molar-refractivity contribution in [1.29, 1.82) is 0 Å². The van der Waals surface area contributed by atoms with Gasteiger partial charge < -0.3 is 0 Å². The molecule has 2 aromatic heterocycles. The van der Waals surface area contributed by atoms with E-state index in [1.807, 2.05) is 30.3 Å². The van der Waals surface area contributed by atoms with Crippen molar-refractivity contribution >= 4 is 45.6 Å². The van der Waals surface area contributed by atoms with Crippen LogP contribution in [0.5, 0.6) is 0 Å². The van der Waals surface area contributed by atoms with Crippen LogP contribution in [-0.4, -0.2) is 11.2 Å². The average molecular weight is 334 g/mol. The van der Waals surface area contributed by atoms with Gasteiger partial charge in [-0.25, -0.2) is 4.98 Å². The monoisotopic (exact) mass is 333 g/mol. The largest absolute Gasteiger partial charge is 0.253 e. The van der Waals surface area contributed by atoms with Gasteiger partial charge >= 0.3 is 0 Å². The Labute approximate surface area is 135 Å². The summed E-state index contributed by atoms with van der Waals surface area (Å²) in [6.45, 7) is 2.07. The Morgan fingerprint density at radius 1 is 1.24 bits per heavy atom. The second-order valence-corrected chi connectivity index (χ2v) is 6.91. The second kappa shape index (κ2) is 6.39. The van der Waals surface area contributed by atoms with Gasteiger partial charge in [0.2, 0.25) is 5.13 Å². The van der Waals surface area contributed by atoms with Crippen LogP contribution >= 0.6 is 34.3 Å². The summed E-state index contributed by atoms with van der Waals surface area (Å²) in [6, 6.07) is 11.6. The molecule has 3 rings (SSSR count). The molecule has 0 aliphatic rings. The summed E-state index contributed by atoms with van der Waals surface area (Å²) in [5.74, 6) is 0. The SMILES string of the molecule is Cc1sc(N/N=C\c2ccc(Cl)cc2)nc1-c1cccs1. The first-order valence-corrected chi connectivity index (χ1v) is 8.36. The molecule has 3 nitrogen and oxygen atoms in total. The Bertz CT molecular complexity index is 746. The molecule has 0 amide bonds. The predicted molar refractivity (Wildman–Crippen MR) is 92.8 cm³/mol. The van der Waals surface area contributed by atoms with Crippen molar-refractivity contribution in [1.82, 2.24) is 4.98 Å². The topological polar surface area (TPSA) is 37.3 Å². The van der Waals surface area contributed by atoms with Crippen molar-refractivity contribution in [3.63, 3.8) is 0 Å². The highest BCUT2D eigenvalue weighted by Gasteiger charge is 2.09. The third kappa shape index (κ3) is 3.50. The standard InChI is InChI=1S/C15H12ClN3S2/c1-10-14(13-3-2-8-20-13)18-15(21-10)19-17-9-11-4-6-12(16)7-5-11/h2-9H,1H3,(H,18,19)/b17-9-. The van der Waals surface area contributed by atoms with E-state index in [2.05, 4.69) is 33.9 Å². The Kier molecular flexibility index (Phi) is 4.34. The number of aryl methyl sites for hydroxylation is 1. The lowest BCUT2D eigenvalue weighted by molar-refractivity contribution is 1.29. The van der Waals surface area contributed by atoms with Gasteiger partial charge in [-0.2, -0.15) is 5.10 Å². The molecule has 0 unspecified atom stereocenters. The van der Waals surface area contributed by atoms with E-state index in [9.17, 15) is 0 Å². The van der Waals surface area contributed by atoms with Crippen LogP contribution in [0, 0.1) is 6.92 Å². The minimum Gasteiger partial charge on any atom is -0.253 e. The van der Waals surface area contributed by atoms with Crippen LogP contribution < -0.4 is 5.43 Å². The maximum absolute atomic E-state index is 5.84. The Morgan fingerprint density at radius 3 is 2.76 bits per heavy atom. The van der Waals surface area contributed by atoms with Crippen molar-refractivity contribution in [3.05, 3.63) is 57.2 Å². The Hall–Kier alpha value is -1.69. The lowest BCUT2D eigenvalue weighted by Gasteiger charge is -1.94. The molecule has 0 spiro atoms. The third-order valence-electron chi connectivity index (χ3n) is 2.79. The van der Waals surface area contributed by atoms with Gasteiger partial charge in [-0.05, 0) is 36.1 Å². The zero-order valence-electron chi connectivity index (χ0n) is 11.2. The van der Waals surface area contributed by atoms with E-state index in [0.29, 0.717) is 0 Å². The van der Waals surface area contributed by atoms with Gasteiger partial charge in [-0.15, -0.1) is 22.7 Å². The second-order valence-electron chi connectivity index (χ2n) is 4.32. The normalized spacial score (nSPS) is 11.1. The molecule has 0 atom stereocenters. The first-order chi connectivity index (χ1) is 10.2. The van der Waals surface area contributed by atoms with Crippen molar-refractivity contribution in [2.24, 2.45) is 5.10 Å². The van der Waals surface area contributed by atoms with Crippen LogP contribution in [0.25, 0.3) is 10.6 Å². The zero-order chi connectivity index (χ0) is 14.7. The van der Waals surface area contributed by atoms with E-state index in [1.54, 1.807) is 28.9 Å². The van der Waals surface area contributed by atoms with Gasteiger partial charge in [0.1, 0.15) is 0 Å². The van der Waals surface area contributed by atoms with Gasteiger partial charge in [0.05, 0.1) is 16.8 Å². The number of halogens is 1. The molecule has 0 aliphatic carbocycles. The Morgan fingerprint density at radius 2 is 2.05 bits per heavy atom. The minimum atomic E-state index is 0.719. The van der Waals surface area contributed by atoms with Crippen LogP contribution in [0.15, 0.2) is 46.9 Å². The molecular weight excluding hydrogens is 322 g/mol. The number of nitrogens with one attached hydrogen (secondary N) is 1. The number of nitrogens with zero attached hydrogens (tertiary/aromatic N) is 2. The fraction of sp³-hybridized carbons (Fsp3) is 0.0667. The van der Waals surface area contributed by atoms with E-state index in [0.717, 1.165) is 21.4 Å². The molecule has 6 heteroatoms. The summed E-state index contributed by atoms with van der Waals surface area (Å²) < 4.78 is 0. The van der Waals surface area contributed by atoms with Crippen LogP contribution in [0.3, 0.4) is 0 Å². The number of aromatic nitrogens is 1. The van der Waals surface area contributed by atoms with Crippen molar-refractivity contribution < 1.29 is 0 Å². The zero-order valence-corrected chi connectivity index (χ0v) is 13.6. The molecule has 1 aromatic carbocycles. The van der Waals surface area contributed by atoms with E-state index >= 15 is 0 Å². The van der Waals surface area contributed by atoms with Gasteiger partial charge in [0.15, 0.2) is 0 Å². The molecule has 0 radical (unpaired) electrons. The highest BCUT2D eigenvalue weighted by Crippen LogP contribution is 2.32. The molecule has 21 heavy (non-hydrogen) atoms. The molecule has 2 heterocycles. The van der Waals surface area contributed by atoms with E-state index < -0.39 is 0 Å². The molecule has 106 valence electrons. The van der Waals surface area contributed by atoms with Gasteiger partial charge in [-0.3, -0.25) is 5.43 Å². The number of hydrogen-bond acceptors (Lipinski definition) is 5. The number of anilines is 1. The average Bonchev–Trinajstić information content (AvgIpc) is 3.10. The summed E-state index contributed by atoms with van der Waals surface area (Å²) in [4.78, 5) is 6.94. The quantitative estimate of drug-likeness (QED) is 0.521. The summed E-state index contributed by atoms with van der Waals surface area (Å²) in [5.41, 5.74) is 4.99. The number of hydrazone groups is 1. The van der Waals surface area contributed by atoms with Gasteiger partial charge in [-0.1, -0.05) is 29.8 Å². The highest BCUT2D eigenvalue weighted by atomic mass is 35.5. The smallest absolute Gasteiger partial charge is 0.204 e. The number of thiazole rings is 1. The number of rotatable bonds is 4. The van der Waals surface area contributed by atoms with Gasteiger partial charge in [0, 0.05) is 9.90 Å². The maximum atomic E-state index is 5.84. The first-order valence-electron chi connectivity index (χ1n) is 6.28. The van der Waals surface area contributed by atoms with E-state index in [-0.39, 0.29) is 0 Å². The summed E-state index contributed by atoms with van der Waals surface area (Å²) >= 11 is 9.13. The number of benzene rings is 1. The molecule has 0 bridgehead atoms. The molecule has 1 N–H and O–H groups in total. The van der Waals surface area contributed by atoms with Crippen molar-refractivity contribution in [2.45, 2.75) is 6.92 Å². The van der Waals surface area contributed by atoms with Crippen LogP contribution in [0.4, 0.5) is 5.13 Å². The van der Waals surface area contributed by atoms with Crippen LogP contribution in [0.1, 0.15) is 10.4 Å². The summed E-state index contributed by atoms with van der Waals surface area (Å²) in [7, 11) is 0. The molecule has 3 aromatic rings. The summed E-state index contributed by atoms with van der Waals surface area (Å²) in [6.07, 6.45) is 1.75. The van der Waals surface area contributed by atoms with Crippen LogP contribution in [0.2, 0.25) is 5.02 Å². The minimum absolute atomic E-state index is 0.719. The van der Waals surface area contributed by atoms with Crippen molar-refractivity contribution in [2.75, 3.05) is 5.43 Å². The first kappa shape index (κ1) is 14.3. The molecule has 0 fully saturated rings.